The van der Waals surface area contributed by atoms with E-state index in [1.807, 2.05) is 13.0 Å². The standard InChI is InChI=1S/C15H22N2O2/c1-3-9-16-15(18)17-14-6-4-5-11-10-12(19-2)7-8-13(11)14/h7-8,10,14H,3-6,9H2,1-2H3,(H2,16,17,18)/t14-/m1/s1. The summed E-state index contributed by atoms with van der Waals surface area (Å²) in [5.74, 6) is 0.884. The first-order valence-corrected chi connectivity index (χ1v) is 6.95. The highest BCUT2D eigenvalue weighted by atomic mass is 16.5. The summed E-state index contributed by atoms with van der Waals surface area (Å²) in [6, 6.07) is 6.15. The van der Waals surface area contributed by atoms with Crippen molar-refractivity contribution >= 4 is 6.03 Å². The van der Waals surface area contributed by atoms with Gasteiger partial charge in [0.25, 0.3) is 0 Å². The molecule has 4 heteroatoms. The van der Waals surface area contributed by atoms with Gasteiger partial charge in [0.15, 0.2) is 0 Å². The van der Waals surface area contributed by atoms with Crippen molar-refractivity contribution < 1.29 is 9.53 Å². The number of methoxy groups -OCH3 is 1. The summed E-state index contributed by atoms with van der Waals surface area (Å²) in [7, 11) is 1.68. The average molecular weight is 262 g/mol. The molecule has 4 nitrogen and oxygen atoms in total. The van der Waals surface area contributed by atoms with Crippen LogP contribution in [0.4, 0.5) is 4.79 Å². The van der Waals surface area contributed by atoms with Crippen molar-refractivity contribution in [1.82, 2.24) is 10.6 Å². The van der Waals surface area contributed by atoms with Crippen LogP contribution in [-0.4, -0.2) is 19.7 Å². The predicted octanol–water partition coefficient (Wildman–Crippen LogP) is 2.78. The molecule has 0 fully saturated rings. The zero-order chi connectivity index (χ0) is 13.7. The van der Waals surface area contributed by atoms with Crippen LogP contribution in [0.15, 0.2) is 18.2 Å². The minimum Gasteiger partial charge on any atom is -0.497 e. The molecule has 1 aromatic carbocycles. The Hall–Kier alpha value is -1.71. The zero-order valence-electron chi connectivity index (χ0n) is 11.7. The number of rotatable bonds is 4. The fourth-order valence-corrected chi connectivity index (χ4v) is 2.52. The van der Waals surface area contributed by atoms with Gasteiger partial charge >= 0.3 is 6.03 Å². The van der Waals surface area contributed by atoms with Crippen LogP contribution in [-0.2, 0) is 6.42 Å². The molecule has 0 bridgehead atoms. The molecule has 1 aliphatic carbocycles. The van der Waals surface area contributed by atoms with E-state index in [9.17, 15) is 4.79 Å². The van der Waals surface area contributed by atoms with Crippen LogP contribution < -0.4 is 15.4 Å². The van der Waals surface area contributed by atoms with Crippen molar-refractivity contribution in [2.24, 2.45) is 0 Å². The molecule has 1 aromatic rings. The van der Waals surface area contributed by atoms with Crippen molar-refractivity contribution in [2.45, 2.75) is 38.6 Å². The lowest BCUT2D eigenvalue weighted by Gasteiger charge is -2.26. The van der Waals surface area contributed by atoms with Gasteiger partial charge in [-0.2, -0.15) is 0 Å². The van der Waals surface area contributed by atoms with E-state index in [0.29, 0.717) is 6.54 Å². The third kappa shape index (κ3) is 3.40. The van der Waals surface area contributed by atoms with Gasteiger partial charge < -0.3 is 15.4 Å². The van der Waals surface area contributed by atoms with Gasteiger partial charge in [0.1, 0.15) is 5.75 Å². The van der Waals surface area contributed by atoms with Crippen LogP contribution >= 0.6 is 0 Å². The van der Waals surface area contributed by atoms with Crippen LogP contribution in [0.25, 0.3) is 0 Å². The molecule has 0 saturated heterocycles. The van der Waals surface area contributed by atoms with Crippen LogP contribution in [0.5, 0.6) is 5.75 Å². The van der Waals surface area contributed by atoms with Gasteiger partial charge in [-0.15, -0.1) is 0 Å². The summed E-state index contributed by atoms with van der Waals surface area (Å²) in [5, 5.41) is 5.91. The largest absolute Gasteiger partial charge is 0.497 e. The number of fused-ring (bicyclic) bond motifs is 1. The number of carbonyl (C=O) groups is 1. The molecule has 2 N–H and O–H groups in total. The number of benzene rings is 1. The van der Waals surface area contributed by atoms with E-state index in [0.717, 1.165) is 31.4 Å². The Morgan fingerprint density at radius 1 is 1.47 bits per heavy atom. The summed E-state index contributed by atoms with van der Waals surface area (Å²) >= 11 is 0. The zero-order valence-corrected chi connectivity index (χ0v) is 11.7. The van der Waals surface area contributed by atoms with E-state index in [1.54, 1.807) is 7.11 Å². The maximum absolute atomic E-state index is 11.8. The first-order valence-electron chi connectivity index (χ1n) is 6.95. The van der Waals surface area contributed by atoms with E-state index in [-0.39, 0.29) is 12.1 Å². The van der Waals surface area contributed by atoms with E-state index >= 15 is 0 Å². The first kappa shape index (κ1) is 13.7. The molecular formula is C15H22N2O2. The van der Waals surface area contributed by atoms with E-state index < -0.39 is 0 Å². The minimum absolute atomic E-state index is 0.0736. The Bertz CT molecular complexity index is 446. The lowest BCUT2D eigenvalue weighted by molar-refractivity contribution is 0.235. The number of amides is 2. The van der Waals surface area contributed by atoms with Gasteiger partial charge in [-0.05, 0) is 48.9 Å². The number of urea groups is 1. The summed E-state index contributed by atoms with van der Waals surface area (Å²) in [5.41, 5.74) is 2.50. The fourth-order valence-electron chi connectivity index (χ4n) is 2.52. The van der Waals surface area contributed by atoms with Crippen molar-refractivity contribution in [3.63, 3.8) is 0 Å². The Balaban J connectivity index is 2.07. The highest BCUT2D eigenvalue weighted by Gasteiger charge is 2.21. The number of ether oxygens (including phenoxy) is 1. The van der Waals surface area contributed by atoms with Crippen LogP contribution in [0.1, 0.15) is 43.4 Å². The number of aryl methyl sites for hydroxylation is 1. The Morgan fingerprint density at radius 2 is 2.32 bits per heavy atom. The second-order valence-corrected chi connectivity index (χ2v) is 4.91. The van der Waals surface area contributed by atoms with Gasteiger partial charge in [-0.3, -0.25) is 0 Å². The number of hydrogen-bond acceptors (Lipinski definition) is 2. The quantitative estimate of drug-likeness (QED) is 0.876. The van der Waals surface area contributed by atoms with Crippen LogP contribution in [0.2, 0.25) is 0 Å². The van der Waals surface area contributed by atoms with Crippen LogP contribution in [0, 0.1) is 0 Å². The normalized spacial score (nSPS) is 17.5. The molecule has 0 aromatic heterocycles. The molecule has 104 valence electrons. The SMILES string of the molecule is CCCNC(=O)N[C@@H]1CCCc2cc(OC)ccc21. The van der Waals surface area contributed by atoms with Crippen molar-refractivity contribution in [3.8, 4) is 5.75 Å². The molecule has 0 heterocycles. The van der Waals surface area contributed by atoms with Crippen molar-refractivity contribution in [2.75, 3.05) is 13.7 Å². The van der Waals surface area contributed by atoms with Gasteiger partial charge in [0.05, 0.1) is 13.2 Å². The predicted molar refractivity (Wildman–Crippen MR) is 75.5 cm³/mol. The molecule has 0 saturated carbocycles. The summed E-state index contributed by atoms with van der Waals surface area (Å²) in [6.07, 6.45) is 4.10. The summed E-state index contributed by atoms with van der Waals surface area (Å²) in [6.45, 7) is 2.76. The second kappa shape index (κ2) is 6.45. The average Bonchev–Trinajstić information content (AvgIpc) is 2.44. The van der Waals surface area contributed by atoms with Crippen molar-refractivity contribution in [1.29, 1.82) is 0 Å². The lowest BCUT2D eigenvalue weighted by Crippen LogP contribution is -2.39. The summed E-state index contributed by atoms with van der Waals surface area (Å²) in [4.78, 5) is 11.8. The molecular weight excluding hydrogens is 240 g/mol. The Labute approximate surface area is 114 Å². The molecule has 0 unspecified atom stereocenters. The number of nitrogens with one attached hydrogen (secondary N) is 2. The third-order valence-corrected chi connectivity index (χ3v) is 3.51. The van der Waals surface area contributed by atoms with Gasteiger partial charge in [-0.25, -0.2) is 4.79 Å². The lowest BCUT2D eigenvalue weighted by atomic mass is 9.87. The highest BCUT2D eigenvalue weighted by Crippen LogP contribution is 2.32. The van der Waals surface area contributed by atoms with Gasteiger partial charge in [0, 0.05) is 6.54 Å². The Kier molecular flexibility index (Phi) is 4.66. The third-order valence-electron chi connectivity index (χ3n) is 3.51. The second-order valence-electron chi connectivity index (χ2n) is 4.91. The molecule has 19 heavy (non-hydrogen) atoms. The fraction of sp³-hybridized carbons (Fsp3) is 0.533. The molecule has 1 atom stereocenters. The minimum atomic E-state index is -0.0736. The van der Waals surface area contributed by atoms with Gasteiger partial charge in [0.2, 0.25) is 0 Å². The topological polar surface area (TPSA) is 50.4 Å². The van der Waals surface area contributed by atoms with E-state index in [2.05, 4.69) is 22.8 Å². The molecule has 1 aliphatic rings. The van der Waals surface area contributed by atoms with Crippen LogP contribution in [0.3, 0.4) is 0 Å². The molecule has 0 spiro atoms. The monoisotopic (exact) mass is 262 g/mol. The summed E-state index contributed by atoms with van der Waals surface area (Å²) < 4.78 is 5.25. The number of hydrogen-bond donors (Lipinski definition) is 2. The maximum Gasteiger partial charge on any atom is 0.315 e. The Morgan fingerprint density at radius 3 is 3.05 bits per heavy atom. The first-order chi connectivity index (χ1) is 9.24. The molecule has 0 radical (unpaired) electrons. The van der Waals surface area contributed by atoms with Gasteiger partial charge in [-0.1, -0.05) is 13.0 Å². The van der Waals surface area contributed by atoms with E-state index in [1.165, 1.54) is 11.1 Å². The highest BCUT2D eigenvalue weighted by molar-refractivity contribution is 5.74. The number of carbonyl (C=O) groups excluding carboxylic acids is 1. The van der Waals surface area contributed by atoms with E-state index in [4.69, 9.17) is 4.74 Å². The molecule has 2 rings (SSSR count). The van der Waals surface area contributed by atoms with Crippen molar-refractivity contribution in [3.05, 3.63) is 29.3 Å². The molecule has 2 amide bonds. The molecule has 0 aliphatic heterocycles. The smallest absolute Gasteiger partial charge is 0.315 e. The maximum atomic E-state index is 11.8.